The van der Waals surface area contributed by atoms with Gasteiger partial charge in [0.2, 0.25) is 0 Å². The average Bonchev–Trinajstić information content (AvgIpc) is 3.34. The highest BCUT2D eigenvalue weighted by Crippen LogP contribution is 2.34. The van der Waals surface area contributed by atoms with Crippen LogP contribution in [0.5, 0.6) is 11.5 Å². The fourth-order valence-corrected chi connectivity index (χ4v) is 6.12. The average molecular weight is 503 g/mol. The molecule has 2 aromatic rings. The van der Waals surface area contributed by atoms with Crippen molar-refractivity contribution in [3.05, 3.63) is 64.7 Å². The summed E-state index contributed by atoms with van der Waals surface area (Å²) in [5, 5.41) is 3.31. The van der Waals surface area contributed by atoms with Crippen LogP contribution >= 0.6 is 0 Å². The molecule has 0 bridgehead atoms. The van der Waals surface area contributed by atoms with Gasteiger partial charge in [-0.25, -0.2) is 0 Å². The normalized spacial score (nSPS) is 22.6. The van der Waals surface area contributed by atoms with E-state index >= 15 is 0 Å². The van der Waals surface area contributed by atoms with Crippen LogP contribution in [0.4, 0.5) is 0 Å². The quantitative estimate of drug-likeness (QED) is 0.532. The van der Waals surface area contributed by atoms with Crippen molar-refractivity contribution in [2.75, 3.05) is 33.4 Å². The van der Waals surface area contributed by atoms with Crippen LogP contribution in [-0.2, 0) is 10.2 Å². The molecule has 5 rings (SSSR count). The minimum Gasteiger partial charge on any atom is -0.497 e. The summed E-state index contributed by atoms with van der Waals surface area (Å²) in [5.74, 6) is 3.12. The first-order valence-corrected chi connectivity index (χ1v) is 13.9. The molecule has 1 N–H and O–H groups in total. The summed E-state index contributed by atoms with van der Waals surface area (Å²) in [6.45, 7) is 10.4. The third kappa shape index (κ3) is 6.20. The van der Waals surface area contributed by atoms with E-state index in [9.17, 15) is 4.79 Å². The van der Waals surface area contributed by atoms with Crippen molar-refractivity contribution in [1.82, 2.24) is 10.2 Å². The summed E-state index contributed by atoms with van der Waals surface area (Å²) in [4.78, 5) is 15.7. The molecular formula is C32H42N2O3. The smallest absolute Gasteiger partial charge is 0.250 e. The Labute approximate surface area is 222 Å². The number of fused-ring (bicyclic) bond motifs is 1. The second-order valence-corrected chi connectivity index (χ2v) is 12.2. The maximum absolute atomic E-state index is 13.1. The lowest BCUT2D eigenvalue weighted by molar-refractivity contribution is -0.118. The lowest BCUT2D eigenvalue weighted by atomic mass is 9.85. The molecule has 3 aliphatic rings. The van der Waals surface area contributed by atoms with Crippen LogP contribution in [0.25, 0.3) is 6.08 Å². The van der Waals surface area contributed by atoms with Gasteiger partial charge in [-0.15, -0.1) is 0 Å². The zero-order valence-corrected chi connectivity index (χ0v) is 22.9. The summed E-state index contributed by atoms with van der Waals surface area (Å²) in [5.41, 5.74) is 4.47. The van der Waals surface area contributed by atoms with Crippen molar-refractivity contribution in [3.63, 3.8) is 0 Å². The Morgan fingerprint density at radius 2 is 1.81 bits per heavy atom. The number of hydrogen-bond donors (Lipinski definition) is 1. The van der Waals surface area contributed by atoms with E-state index in [2.05, 4.69) is 67.4 Å². The molecule has 5 heteroatoms. The van der Waals surface area contributed by atoms with Gasteiger partial charge in [0.05, 0.1) is 12.7 Å². The van der Waals surface area contributed by atoms with Crippen molar-refractivity contribution in [2.24, 2.45) is 5.92 Å². The second-order valence-electron chi connectivity index (χ2n) is 12.2. The fraction of sp³-hybridized carbons (Fsp3) is 0.531. The fourth-order valence-electron chi connectivity index (χ4n) is 6.12. The number of benzene rings is 2. The van der Waals surface area contributed by atoms with Gasteiger partial charge in [0, 0.05) is 18.2 Å². The van der Waals surface area contributed by atoms with Crippen molar-refractivity contribution in [3.8, 4) is 11.5 Å². The van der Waals surface area contributed by atoms with Crippen LogP contribution < -0.4 is 14.8 Å². The van der Waals surface area contributed by atoms with Gasteiger partial charge in [0.25, 0.3) is 5.91 Å². The number of likely N-dealkylation sites (tertiary alicyclic amines) is 1. The molecule has 1 amide bonds. The van der Waals surface area contributed by atoms with Crippen molar-refractivity contribution in [1.29, 1.82) is 0 Å². The Hall–Kier alpha value is -2.79. The summed E-state index contributed by atoms with van der Waals surface area (Å²) in [6, 6.07) is 15.2. The molecule has 5 nitrogen and oxygen atoms in total. The summed E-state index contributed by atoms with van der Waals surface area (Å²) < 4.78 is 11.2. The van der Waals surface area contributed by atoms with Crippen LogP contribution in [0.1, 0.15) is 75.5 Å². The molecule has 37 heavy (non-hydrogen) atoms. The van der Waals surface area contributed by atoms with Crippen LogP contribution in [0.15, 0.2) is 48.0 Å². The molecule has 2 unspecified atom stereocenters. The standard InChI is InChI=1S/C32H42N2O3/c1-32(2,3)27-8-12-30-25(19-27)18-26(21-37-30)31(35)33-28-9-5-22(17-28)20-34-15-13-24(14-16-34)23-6-10-29(36-4)11-7-23/h6-8,10-12,18-19,22,24,28H,5,9,13-17,20-21H2,1-4H3,(H,33,35). The first-order valence-electron chi connectivity index (χ1n) is 13.9. The maximum Gasteiger partial charge on any atom is 0.250 e. The van der Waals surface area contributed by atoms with E-state index in [1.54, 1.807) is 7.11 Å². The molecule has 2 heterocycles. The van der Waals surface area contributed by atoms with Crippen LogP contribution in [0.3, 0.4) is 0 Å². The molecule has 2 aliphatic heterocycles. The SMILES string of the molecule is COc1ccc(C2CCN(CC3CCC(NC(=O)C4=Cc5cc(C(C)(C)C)ccc5OC4)C3)CC2)cc1. The van der Waals surface area contributed by atoms with Crippen molar-refractivity contribution < 1.29 is 14.3 Å². The van der Waals surface area contributed by atoms with E-state index in [1.165, 1.54) is 30.4 Å². The monoisotopic (exact) mass is 502 g/mol. The molecule has 0 aromatic heterocycles. The van der Waals surface area contributed by atoms with E-state index < -0.39 is 0 Å². The lowest BCUT2D eigenvalue weighted by Gasteiger charge is -2.33. The lowest BCUT2D eigenvalue weighted by Crippen LogP contribution is -2.38. The molecule has 0 spiro atoms. The number of amides is 1. The van der Waals surface area contributed by atoms with Gasteiger partial charge < -0.3 is 19.7 Å². The molecular weight excluding hydrogens is 460 g/mol. The van der Waals surface area contributed by atoms with Crippen LogP contribution in [0, 0.1) is 5.92 Å². The van der Waals surface area contributed by atoms with E-state index in [0.717, 1.165) is 55.1 Å². The predicted octanol–water partition coefficient (Wildman–Crippen LogP) is 5.93. The number of nitrogens with zero attached hydrogens (tertiary/aromatic N) is 1. The van der Waals surface area contributed by atoms with E-state index in [4.69, 9.17) is 9.47 Å². The Kier molecular flexibility index (Phi) is 7.62. The molecule has 1 saturated carbocycles. The summed E-state index contributed by atoms with van der Waals surface area (Å²) in [6.07, 6.45) is 7.78. The highest BCUT2D eigenvalue weighted by molar-refractivity contribution is 5.99. The topological polar surface area (TPSA) is 50.8 Å². The number of carbonyl (C=O) groups excluding carboxylic acids is 1. The highest BCUT2D eigenvalue weighted by Gasteiger charge is 2.30. The molecule has 2 atom stereocenters. The van der Waals surface area contributed by atoms with Gasteiger partial charge in [-0.1, -0.05) is 39.0 Å². The Bertz CT molecular complexity index is 1120. The van der Waals surface area contributed by atoms with E-state index in [-0.39, 0.29) is 17.4 Å². The number of nitrogens with one attached hydrogen (secondary N) is 1. The number of rotatable bonds is 6. The van der Waals surface area contributed by atoms with Crippen molar-refractivity contribution in [2.45, 2.75) is 70.3 Å². The van der Waals surface area contributed by atoms with E-state index in [0.29, 0.717) is 18.4 Å². The van der Waals surface area contributed by atoms with Gasteiger partial charge in [-0.2, -0.15) is 0 Å². The van der Waals surface area contributed by atoms with Gasteiger partial charge >= 0.3 is 0 Å². The van der Waals surface area contributed by atoms with Gasteiger partial charge in [-0.3, -0.25) is 4.79 Å². The molecule has 2 fully saturated rings. The summed E-state index contributed by atoms with van der Waals surface area (Å²) >= 11 is 0. The number of carbonyl (C=O) groups is 1. The molecule has 0 radical (unpaired) electrons. The number of hydrogen-bond acceptors (Lipinski definition) is 4. The third-order valence-corrected chi connectivity index (χ3v) is 8.45. The first kappa shape index (κ1) is 25.8. The number of piperidine rings is 1. The Balaban J connectivity index is 1.09. The predicted molar refractivity (Wildman–Crippen MR) is 149 cm³/mol. The van der Waals surface area contributed by atoms with Crippen molar-refractivity contribution >= 4 is 12.0 Å². The number of ether oxygens (including phenoxy) is 2. The Morgan fingerprint density at radius 3 is 2.51 bits per heavy atom. The Morgan fingerprint density at radius 1 is 1.05 bits per heavy atom. The molecule has 1 aliphatic carbocycles. The zero-order valence-electron chi connectivity index (χ0n) is 22.9. The number of methoxy groups -OCH3 is 1. The van der Waals surface area contributed by atoms with Gasteiger partial charge in [0.15, 0.2) is 0 Å². The molecule has 2 aromatic carbocycles. The molecule has 198 valence electrons. The van der Waals surface area contributed by atoms with E-state index in [1.807, 2.05) is 12.1 Å². The van der Waals surface area contributed by atoms with Gasteiger partial charge in [0.1, 0.15) is 18.1 Å². The van der Waals surface area contributed by atoms with Crippen LogP contribution in [-0.4, -0.2) is 50.2 Å². The minimum absolute atomic E-state index is 0.0257. The zero-order chi connectivity index (χ0) is 26.0. The largest absolute Gasteiger partial charge is 0.497 e. The van der Waals surface area contributed by atoms with Crippen LogP contribution in [0.2, 0.25) is 0 Å². The maximum atomic E-state index is 13.1. The molecule has 1 saturated heterocycles. The first-order chi connectivity index (χ1) is 17.8. The van der Waals surface area contributed by atoms with Gasteiger partial charge in [-0.05, 0) is 104 Å². The highest BCUT2D eigenvalue weighted by atomic mass is 16.5. The summed E-state index contributed by atoms with van der Waals surface area (Å²) in [7, 11) is 1.72. The third-order valence-electron chi connectivity index (χ3n) is 8.45. The second kappa shape index (κ2) is 10.9. The minimum atomic E-state index is 0.0257.